The predicted octanol–water partition coefficient (Wildman–Crippen LogP) is 7.79. The highest BCUT2D eigenvalue weighted by molar-refractivity contribution is 6.30. The Labute approximate surface area is 207 Å². The van der Waals surface area contributed by atoms with E-state index in [0.29, 0.717) is 45.2 Å². The number of fused-ring (bicyclic) bond motifs is 1. The van der Waals surface area contributed by atoms with Gasteiger partial charge in [-0.1, -0.05) is 43.6 Å². The first-order valence-electron chi connectivity index (χ1n) is 11.2. The van der Waals surface area contributed by atoms with E-state index in [2.05, 4.69) is 24.1 Å². The van der Waals surface area contributed by atoms with Crippen LogP contribution in [-0.4, -0.2) is 18.0 Å². The summed E-state index contributed by atoms with van der Waals surface area (Å²) < 4.78 is 17.2. The van der Waals surface area contributed by atoms with Crippen molar-refractivity contribution in [2.24, 2.45) is 0 Å². The molecular formula is C28H23ClN2O4. The Balaban J connectivity index is 1.43. The number of carbonyl (C=O) groups is 1. The standard InChI is InChI=1S/C28H23ClN2O4/c1-16(2)17-7-10-25-22(14-17)31-28(35-25)19-8-9-24(33-3)21(15-19)30-27(32)26-12-11-23(34-26)18-5-4-6-20(29)13-18/h4-16H,1-3H3,(H,30,32). The van der Waals surface area contributed by atoms with Gasteiger partial charge in [-0.15, -0.1) is 0 Å². The Kier molecular flexibility index (Phi) is 6.05. The number of carbonyl (C=O) groups excluding carboxylic acids is 1. The lowest BCUT2D eigenvalue weighted by Gasteiger charge is -2.10. The van der Waals surface area contributed by atoms with E-state index >= 15 is 0 Å². The van der Waals surface area contributed by atoms with E-state index in [1.807, 2.05) is 36.4 Å². The van der Waals surface area contributed by atoms with Gasteiger partial charge >= 0.3 is 0 Å². The van der Waals surface area contributed by atoms with Crippen LogP contribution in [0.3, 0.4) is 0 Å². The molecule has 1 amide bonds. The largest absolute Gasteiger partial charge is 0.495 e. The topological polar surface area (TPSA) is 77.5 Å². The van der Waals surface area contributed by atoms with Crippen LogP contribution in [0.15, 0.2) is 81.6 Å². The van der Waals surface area contributed by atoms with Gasteiger partial charge in [-0.05, 0) is 66.1 Å². The lowest BCUT2D eigenvalue weighted by molar-refractivity contribution is 0.0997. The van der Waals surface area contributed by atoms with Crippen molar-refractivity contribution < 1.29 is 18.4 Å². The van der Waals surface area contributed by atoms with Crippen LogP contribution >= 0.6 is 11.6 Å². The smallest absolute Gasteiger partial charge is 0.291 e. The number of amides is 1. The third-order valence-electron chi connectivity index (χ3n) is 5.71. The second-order valence-corrected chi connectivity index (χ2v) is 8.88. The van der Waals surface area contributed by atoms with E-state index in [0.717, 1.165) is 11.1 Å². The zero-order valence-electron chi connectivity index (χ0n) is 19.5. The minimum absolute atomic E-state index is 0.163. The normalized spacial score (nSPS) is 11.2. The van der Waals surface area contributed by atoms with Crippen LogP contribution in [0.1, 0.15) is 35.9 Å². The molecular weight excluding hydrogens is 464 g/mol. The SMILES string of the molecule is COc1ccc(-c2nc3cc(C(C)C)ccc3o2)cc1NC(=O)c1ccc(-c2cccc(Cl)c2)o1. The lowest BCUT2D eigenvalue weighted by Crippen LogP contribution is -2.11. The molecule has 0 fully saturated rings. The predicted molar refractivity (Wildman–Crippen MR) is 137 cm³/mol. The maximum absolute atomic E-state index is 13.0. The molecule has 6 nitrogen and oxygen atoms in total. The summed E-state index contributed by atoms with van der Waals surface area (Å²) >= 11 is 6.07. The van der Waals surface area contributed by atoms with E-state index in [1.165, 1.54) is 5.56 Å². The average molecular weight is 487 g/mol. The number of furan rings is 1. The minimum atomic E-state index is -0.409. The van der Waals surface area contributed by atoms with Gasteiger partial charge in [-0.3, -0.25) is 4.79 Å². The number of hydrogen-bond donors (Lipinski definition) is 1. The molecule has 5 rings (SSSR count). The number of nitrogens with one attached hydrogen (secondary N) is 1. The number of hydrogen-bond acceptors (Lipinski definition) is 5. The van der Waals surface area contributed by atoms with Gasteiger partial charge in [0.1, 0.15) is 17.0 Å². The first-order valence-corrected chi connectivity index (χ1v) is 11.5. The average Bonchev–Trinajstić information content (AvgIpc) is 3.51. The van der Waals surface area contributed by atoms with Crippen LogP contribution < -0.4 is 10.1 Å². The minimum Gasteiger partial charge on any atom is -0.495 e. The first kappa shape index (κ1) is 22.7. The molecule has 0 aliphatic heterocycles. The van der Waals surface area contributed by atoms with Crippen LogP contribution in [0.25, 0.3) is 33.9 Å². The van der Waals surface area contributed by atoms with E-state index < -0.39 is 5.91 Å². The summed E-state index contributed by atoms with van der Waals surface area (Å²) in [7, 11) is 1.54. The molecule has 0 spiro atoms. The van der Waals surface area contributed by atoms with Gasteiger partial charge in [0.2, 0.25) is 5.89 Å². The zero-order chi connectivity index (χ0) is 24.5. The molecule has 3 aromatic carbocycles. The fraction of sp³-hybridized carbons (Fsp3) is 0.143. The third-order valence-corrected chi connectivity index (χ3v) is 5.95. The molecule has 7 heteroatoms. The van der Waals surface area contributed by atoms with E-state index in [1.54, 1.807) is 43.5 Å². The number of methoxy groups -OCH3 is 1. The summed E-state index contributed by atoms with van der Waals surface area (Å²) in [5, 5.41) is 3.46. The molecule has 0 saturated heterocycles. The van der Waals surface area contributed by atoms with Gasteiger partial charge < -0.3 is 18.9 Å². The zero-order valence-corrected chi connectivity index (χ0v) is 20.2. The first-order chi connectivity index (χ1) is 16.9. The van der Waals surface area contributed by atoms with Crippen molar-refractivity contribution in [3.05, 3.63) is 89.1 Å². The van der Waals surface area contributed by atoms with Gasteiger partial charge in [0.05, 0.1) is 12.8 Å². The second kappa shape index (κ2) is 9.31. The molecule has 2 aromatic heterocycles. The number of ether oxygens (including phenoxy) is 1. The summed E-state index contributed by atoms with van der Waals surface area (Å²) in [6, 6.07) is 22.0. The molecule has 0 bridgehead atoms. The second-order valence-electron chi connectivity index (χ2n) is 8.44. The third kappa shape index (κ3) is 4.66. The van der Waals surface area contributed by atoms with Crippen molar-refractivity contribution in [2.75, 3.05) is 12.4 Å². The van der Waals surface area contributed by atoms with Crippen molar-refractivity contribution in [2.45, 2.75) is 19.8 Å². The summed E-state index contributed by atoms with van der Waals surface area (Å²) in [4.78, 5) is 17.6. The molecule has 0 unspecified atom stereocenters. The van der Waals surface area contributed by atoms with Crippen LogP contribution in [-0.2, 0) is 0 Å². The lowest BCUT2D eigenvalue weighted by atomic mass is 10.0. The molecule has 176 valence electrons. The van der Waals surface area contributed by atoms with Gasteiger partial charge in [0.25, 0.3) is 5.91 Å². The van der Waals surface area contributed by atoms with Crippen molar-refractivity contribution in [3.8, 4) is 28.5 Å². The Morgan fingerprint density at radius 2 is 1.83 bits per heavy atom. The van der Waals surface area contributed by atoms with Gasteiger partial charge in [0, 0.05) is 16.1 Å². The Hall–Kier alpha value is -4.03. The number of aromatic nitrogens is 1. The van der Waals surface area contributed by atoms with Crippen molar-refractivity contribution >= 4 is 34.3 Å². The number of nitrogens with zero attached hydrogens (tertiary/aromatic N) is 1. The van der Waals surface area contributed by atoms with Crippen LogP contribution in [0.2, 0.25) is 5.02 Å². The number of anilines is 1. The van der Waals surface area contributed by atoms with Gasteiger partial charge in [-0.2, -0.15) is 0 Å². The number of halogens is 1. The van der Waals surface area contributed by atoms with Crippen LogP contribution in [0.4, 0.5) is 5.69 Å². The van der Waals surface area contributed by atoms with E-state index in [4.69, 9.17) is 25.2 Å². The van der Waals surface area contributed by atoms with E-state index in [9.17, 15) is 4.79 Å². The van der Waals surface area contributed by atoms with Crippen molar-refractivity contribution in [1.82, 2.24) is 4.98 Å². The summed E-state index contributed by atoms with van der Waals surface area (Å²) in [5.41, 5.74) is 4.65. The Bertz CT molecular complexity index is 1530. The molecule has 0 aliphatic carbocycles. The van der Waals surface area contributed by atoms with Crippen molar-refractivity contribution in [1.29, 1.82) is 0 Å². The van der Waals surface area contributed by atoms with Gasteiger partial charge in [-0.25, -0.2) is 4.98 Å². The molecule has 0 aliphatic rings. The fourth-order valence-electron chi connectivity index (χ4n) is 3.81. The molecule has 35 heavy (non-hydrogen) atoms. The monoisotopic (exact) mass is 486 g/mol. The number of benzene rings is 3. The van der Waals surface area contributed by atoms with Gasteiger partial charge in [0.15, 0.2) is 11.3 Å². The molecule has 5 aromatic rings. The number of oxazole rings is 1. The quantitative estimate of drug-likeness (QED) is 0.265. The van der Waals surface area contributed by atoms with Crippen LogP contribution in [0.5, 0.6) is 5.75 Å². The highest BCUT2D eigenvalue weighted by Crippen LogP contribution is 2.33. The summed E-state index contributed by atoms with van der Waals surface area (Å²) in [5.74, 6) is 1.65. The number of rotatable bonds is 6. The molecule has 0 saturated carbocycles. The van der Waals surface area contributed by atoms with E-state index in [-0.39, 0.29) is 5.76 Å². The summed E-state index contributed by atoms with van der Waals surface area (Å²) in [6.07, 6.45) is 0. The Morgan fingerprint density at radius 3 is 2.60 bits per heavy atom. The maximum Gasteiger partial charge on any atom is 0.291 e. The Morgan fingerprint density at radius 1 is 0.971 bits per heavy atom. The molecule has 1 N–H and O–H groups in total. The molecule has 2 heterocycles. The fourth-order valence-corrected chi connectivity index (χ4v) is 4.00. The maximum atomic E-state index is 13.0. The highest BCUT2D eigenvalue weighted by atomic mass is 35.5. The highest BCUT2D eigenvalue weighted by Gasteiger charge is 2.17. The van der Waals surface area contributed by atoms with Crippen LogP contribution in [0, 0.1) is 0 Å². The molecule has 0 radical (unpaired) electrons. The van der Waals surface area contributed by atoms with Crippen molar-refractivity contribution in [3.63, 3.8) is 0 Å². The summed E-state index contributed by atoms with van der Waals surface area (Å²) in [6.45, 7) is 4.27. The molecule has 0 atom stereocenters.